The Morgan fingerprint density at radius 1 is 1.19 bits per heavy atom. The Kier molecular flexibility index (Phi) is 3.58. The van der Waals surface area contributed by atoms with Crippen molar-refractivity contribution in [1.29, 1.82) is 5.26 Å². The molecule has 0 spiro atoms. The Bertz CT molecular complexity index is 410. The van der Waals surface area contributed by atoms with Gasteiger partial charge < -0.3 is 4.74 Å². The van der Waals surface area contributed by atoms with Crippen molar-refractivity contribution in [2.24, 2.45) is 0 Å². The third-order valence-corrected chi connectivity index (χ3v) is 3.28. The van der Waals surface area contributed by atoms with E-state index in [2.05, 4.69) is 0 Å². The number of nitriles is 1. The monoisotopic (exact) mass is 255 g/mol. The molecular formula is C12H11Cl2NO. The van der Waals surface area contributed by atoms with Crippen LogP contribution < -0.4 is 4.74 Å². The Labute approximate surface area is 105 Å². The highest BCUT2D eigenvalue weighted by Gasteiger charge is 2.19. The van der Waals surface area contributed by atoms with Crippen molar-refractivity contribution >= 4 is 23.2 Å². The first kappa shape index (κ1) is 11.6. The molecule has 0 N–H and O–H groups in total. The first-order chi connectivity index (χ1) is 7.70. The molecule has 1 aliphatic carbocycles. The van der Waals surface area contributed by atoms with Crippen molar-refractivity contribution in [2.75, 3.05) is 0 Å². The van der Waals surface area contributed by atoms with E-state index in [1.807, 2.05) is 6.07 Å². The zero-order valence-corrected chi connectivity index (χ0v) is 10.2. The lowest BCUT2D eigenvalue weighted by atomic mass is 10.2. The van der Waals surface area contributed by atoms with Gasteiger partial charge in [-0.3, -0.25) is 0 Å². The molecule has 0 radical (unpaired) electrons. The number of nitrogens with zero attached hydrogens (tertiary/aromatic N) is 1. The average Bonchev–Trinajstić information content (AvgIpc) is 2.75. The first-order valence-corrected chi connectivity index (χ1v) is 6.02. The van der Waals surface area contributed by atoms with Crippen LogP contribution in [0.3, 0.4) is 0 Å². The molecule has 1 saturated carbocycles. The summed E-state index contributed by atoms with van der Waals surface area (Å²) in [6.07, 6.45) is 4.69. The van der Waals surface area contributed by atoms with Crippen LogP contribution in [-0.2, 0) is 0 Å². The summed E-state index contributed by atoms with van der Waals surface area (Å²) in [4.78, 5) is 0. The van der Waals surface area contributed by atoms with Crippen LogP contribution >= 0.6 is 23.2 Å². The summed E-state index contributed by atoms with van der Waals surface area (Å²) in [7, 11) is 0. The summed E-state index contributed by atoms with van der Waals surface area (Å²) in [6.45, 7) is 0. The van der Waals surface area contributed by atoms with Crippen LogP contribution in [0.5, 0.6) is 5.75 Å². The van der Waals surface area contributed by atoms with E-state index in [1.54, 1.807) is 12.1 Å². The molecule has 0 amide bonds. The molecule has 16 heavy (non-hydrogen) atoms. The van der Waals surface area contributed by atoms with Crippen molar-refractivity contribution in [2.45, 2.75) is 31.8 Å². The maximum Gasteiger partial charge on any atom is 0.156 e. The second-order valence-electron chi connectivity index (χ2n) is 3.91. The number of benzene rings is 1. The van der Waals surface area contributed by atoms with Gasteiger partial charge in [0.05, 0.1) is 27.8 Å². The van der Waals surface area contributed by atoms with Crippen LogP contribution in [0.25, 0.3) is 0 Å². The minimum atomic E-state index is 0.211. The quantitative estimate of drug-likeness (QED) is 0.794. The van der Waals surface area contributed by atoms with Gasteiger partial charge in [0.2, 0.25) is 0 Å². The molecule has 0 unspecified atom stereocenters. The van der Waals surface area contributed by atoms with Crippen molar-refractivity contribution in [3.63, 3.8) is 0 Å². The fourth-order valence-electron chi connectivity index (χ4n) is 1.91. The Morgan fingerprint density at radius 2 is 1.75 bits per heavy atom. The molecule has 1 fully saturated rings. The van der Waals surface area contributed by atoms with E-state index in [0.29, 0.717) is 21.4 Å². The van der Waals surface area contributed by atoms with E-state index in [1.165, 1.54) is 12.8 Å². The summed E-state index contributed by atoms with van der Waals surface area (Å²) < 4.78 is 5.76. The smallest absolute Gasteiger partial charge is 0.156 e. The topological polar surface area (TPSA) is 33.0 Å². The highest BCUT2D eigenvalue weighted by atomic mass is 35.5. The number of hydrogen-bond donors (Lipinski definition) is 0. The van der Waals surface area contributed by atoms with Crippen molar-refractivity contribution in [1.82, 2.24) is 0 Å². The van der Waals surface area contributed by atoms with E-state index in [4.69, 9.17) is 33.2 Å². The average molecular weight is 256 g/mol. The van der Waals surface area contributed by atoms with Gasteiger partial charge in [-0.1, -0.05) is 23.2 Å². The normalized spacial score (nSPS) is 16.1. The third-order valence-electron chi connectivity index (χ3n) is 2.71. The SMILES string of the molecule is N#Cc1cc(Cl)c(OC2CCCC2)c(Cl)c1. The van der Waals surface area contributed by atoms with Crippen LogP contribution in [0, 0.1) is 11.3 Å². The van der Waals surface area contributed by atoms with Crippen molar-refractivity contribution < 1.29 is 4.74 Å². The Morgan fingerprint density at radius 3 is 2.25 bits per heavy atom. The van der Waals surface area contributed by atoms with Gasteiger partial charge >= 0.3 is 0 Å². The van der Waals surface area contributed by atoms with Gasteiger partial charge in [0.1, 0.15) is 0 Å². The van der Waals surface area contributed by atoms with Gasteiger partial charge in [-0.15, -0.1) is 0 Å². The molecule has 1 aromatic rings. The summed E-state index contributed by atoms with van der Waals surface area (Å²) in [5.74, 6) is 0.509. The number of rotatable bonds is 2. The number of hydrogen-bond acceptors (Lipinski definition) is 2. The highest BCUT2D eigenvalue weighted by Crippen LogP contribution is 2.36. The molecule has 1 aromatic carbocycles. The van der Waals surface area contributed by atoms with Gasteiger partial charge in [-0.2, -0.15) is 5.26 Å². The third kappa shape index (κ3) is 2.42. The van der Waals surface area contributed by atoms with Gasteiger partial charge in [0.25, 0.3) is 0 Å². The standard InChI is InChI=1S/C12H11Cl2NO/c13-10-5-8(7-15)6-11(14)12(10)16-9-3-1-2-4-9/h5-6,9H,1-4H2. The summed E-state index contributed by atoms with van der Waals surface area (Å²) >= 11 is 12.1. The fourth-order valence-corrected chi connectivity index (χ4v) is 2.49. The molecule has 0 bridgehead atoms. The van der Waals surface area contributed by atoms with Crippen LogP contribution in [0.4, 0.5) is 0 Å². The molecule has 1 aliphatic rings. The molecule has 4 heteroatoms. The lowest BCUT2D eigenvalue weighted by Crippen LogP contribution is -2.11. The van der Waals surface area contributed by atoms with E-state index >= 15 is 0 Å². The maximum absolute atomic E-state index is 8.75. The Balaban J connectivity index is 2.23. The predicted molar refractivity (Wildman–Crippen MR) is 64.1 cm³/mol. The molecule has 0 heterocycles. The van der Waals surface area contributed by atoms with Gasteiger partial charge in [0.15, 0.2) is 5.75 Å². The van der Waals surface area contributed by atoms with E-state index < -0.39 is 0 Å². The van der Waals surface area contributed by atoms with Crippen LogP contribution in [0.15, 0.2) is 12.1 Å². The molecule has 84 valence electrons. The lowest BCUT2D eigenvalue weighted by Gasteiger charge is -2.15. The first-order valence-electron chi connectivity index (χ1n) is 5.26. The van der Waals surface area contributed by atoms with Crippen LogP contribution in [0.2, 0.25) is 10.0 Å². The molecule has 2 rings (SSSR count). The summed E-state index contributed by atoms with van der Waals surface area (Å²) in [5.41, 5.74) is 0.453. The van der Waals surface area contributed by atoms with Gasteiger partial charge in [-0.05, 0) is 37.8 Å². The van der Waals surface area contributed by atoms with Crippen LogP contribution in [-0.4, -0.2) is 6.10 Å². The fraction of sp³-hybridized carbons (Fsp3) is 0.417. The maximum atomic E-state index is 8.75. The second-order valence-corrected chi connectivity index (χ2v) is 4.72. The van der Waals surface area contributed by atoms with Crippen LogP contribution in [0.1, 0.15) is 31.2 Å². The second kappa shape index (κ2) is 4.95. The molecular weight excluding hydrogens is 245 g/mol. The van der Waals surface area contributed by atoms with E-state index in [0.717, 1.165) is 12.8 Å². The minimum Gasteiger partial charge on any atom is -0.487 e. The number of ether oxygens (including phenoxy) is 1. The zero-order chi connectivity index (χ0) is 11.5. The number of halogens is 2. The summed E-state index contributed by atoms with van der Waals surface area (Å²) in [5, 5.41) is 9.58. The highest BCUT2D eigenvalue weighted by molar-refractivity contribution is 6.37. The molecule has 0 aromatic heterocycles. The van der Waals surface area contributed by atoms with E-state index in [9.17, 15) is 0 Å². The molecule has 0 saturated heterocycles. The van der Waals surface area contributed by atoms with Crippen molar-refractivity contribution in [3.8, 4) is 11.8 Å². The Hall–Kier alpha value is -0.910. The zero-order valence-electron chi connectivity index (χ0n) is 8.67. The largest absolute Gasteiger partial charge is 0.487 e. The van der Waals surface area contributed by atoms with E-state index in [-0.39, 0.29) is 6.10 Å². The van der Waals surface area contributed by atoms with Gasteiger partial charge in [0, 0.05) is 0 Å². The molecule has 0 aliphatic heterocycles. The lowest BCUT2D eigenvalue weighted by molar-refractivity contribution is 0.210. The molecule has 2 nitrogen and oxygen atoms in total. The minimum absolute atomic E-state index is 0.211. The van der Waals surface area contributed by atoms with Crippen molar-refractivity contribution in [3.05, 3.63) is 27.7 Å². The van der Waals surface area contributed by atoms with Gasteiger partial charge in [-0.25, -0.2) is 0 Å². The predicted octanol–water partition coefficient (Wildman–Crippen LogP) is 4.19. The molecule has 0 atom stereocenters. The summed E-state index contributed by atoms with van der Waals surface area (Å²) in [6, 6.07) is 5.17.